The third-order valence-electron chi connectivity index (χ3n) is 5.37. The average molecular weight is 412 g/mol. The molecule has 2 heterocycles. The smallest absolute Gasteiger partial charge is 0.243 e. The van der Waals surface area contributed by atoms with Gasteiger partial charge in [-0.3, -0.25) is 14.5 Å². The second-order valence-electron chi connectivity index (χ2n) is 7.56. The van der Waals surface area contributed by atoms with E-state index < -0.39 is 6.04 Å². The topological polar surface area (TPSA) is 110 Å². The van der Waals surface area contributed by atoms with Crippen LogP contribution in [0.2, 0.25) is 0 Å². The quantitative estimate of drug-likeness (QED) is 0.600. The number of carbonyl (C=O) groups excluding carboxylic acids is 2. The van der Waals surface area contributed by atoms with Crippen LogP contribution in [0.15, 0.2) is 42.6 Å². The number of amides is 2. The number of likely N-dealkylation sites (N-methyl/N-ethyl adjacent to an activating group) is 1. The fourth-order valence-electron chi connectivity index (χ4n) is 3.57. The molecule has 3 rings (SSSR count). The van der Waals surface area contributed by atoms with Crippen molar-refractivity contribution in [2.75, 3.05) is 26.4 Å². The van der Waals surface area contributed by atoms with E-state index in [1.165, 1.54) is 0 Å². The summed E-state index contributed by atoms with van der Waals surface area (Å²) in [5.74, 6) is 0.817. The molecule has 4 N–H and O–H groups in total. The van der Waals surface area contributed by atoms with E-state index in [1.807, 2.05) is 42.3 Å². The van der Waals surface area contributed by atoms with Gasteiger partial charge >= 0.3 is 0 Å². The summed E-state index contributed by atoms with van der Waals surface area (Å²) in [5.41, 5.74) is 7.38. The standard InChI is InChI=1S/C22H29N5O3/c1-27-11-3-4-19(27)22(29)26-18(12-15-5-8-17(30-2)9-6-15)21(28)25-14-16-7-10-20(23)24-13-16/h5-10,13,18-19H,3-4,11-12,14H2,1-2H3,(H2,23,24)(H,25,28)(H,26,29)/t18-,19?/m0/s1. The zero-order chi connectivity index (χ0) is 21.5. The summed E-state index contributed by atoms with van der Waals surface area (Å²) in [4.78, 5) is 31.8. The van der Waals surface area contributed by atoms with Crippen LogP contribution in [0.1, 0.15) is 24.0 Å². The number of nitrogen functional groups attached to an aromatic ring is 1. The van der Waals surface area contributed by atoms with E-state index in [1.54, 1.807) is 19.4 Å². The molecule has 1 saturated heterocycles. The first-order valence-corrected chi connectivity index (χ1v) is 10.1. The van der Waals surface area contributed by atoms with Gasteiger partial charge in [0.25, 0.3) is 0 Å². The molecule has 2 atom stereocenters. The van der Waals surface area contributed by atoms with Gasteiger partial charge in [-0.05, 0) is 55.8 Å². The minimum atomic E-state index is -0.679. The summed E-state index contributed by atoms with van der Waals surface area (Å²) in [6, 6.07) is 10.1. The molecule has 30 heavy (non-hydrogen) atoms. The molecule has 1 aliphatic heterocycles. The van der Waals surface area contributed by atoms with E-state index in [0.29, 0.717) is 18.8 Å². The Morgan fingerprint density at radius 3 is 2.57 bits per heavy atom. The number of nitrogens with zero attached hydrogens (tertiary/aromatic N) is 2. The Hall–Kier alpha value is -3.13. The lowest BCUT2D eigenvalue weighted by molar-refractivity contribution is -0.131. The van der Waals surface area contributed by atoms with Crippen molar-refractivity contribution in [3.05, 3.63) is 53.7 Å². The largest absolute Gasteiger partial charge is 0.497 e. The van der Waals surface area contributed by atoms with Crippen LogP contribution in [0.5, 0.6) is 5.75 Å². The molecule has 1 aromatic carbocycles. The minimum Gasteiger partial charge on any atom is -0.497 e. The van der Waals surface area contributed by atoms with Crippen LogP contribution in [0.4, 0.5) is 5.82 Å². The molecule has 0 saturated carbocycles. The molecule has 0 bridgehead atoms. The first-order chi connectivity index (χ1) is 14.5. The molecular weight excluding hydrogens is 382 g/mol. The van der Waals surface area contributed by atoms with Crippen LogP contribution in [0.25, 0.3) is 0 Å². The van der Waals surface area contributed by atoms with Crippen molar-refractivity contribution in [2.24, 2.45) is 0 Å². The molecule has 0 spiro atoms. The Kier molecular flexibility index (Phi) is 7.24. The average Bonchev–Trinajstić information content (AvgIpc) is 3.19. The molecule has 0 radical (unpaired) electrons. The number of aromatic nitrogens is 1. The normalized spacial score (nSPS) is 17.3. The van der Waals surface area contributed by atoms with Crippen LogP contribution in [-0.2, 0) is 22.6 Å². The first-order valence-electron chi connectivity index (χ1n) is 10.1. The molecule has 8 nitrogen and oxygen atoms in total. The number of hydrogen-bond acceptors (Lipinski definition) is 6. The van der Waals surface area contributed by atoms with E-state index in [0.717, 1.165) is 36.3 Å². The van der Waals surface area contributed by atoms with Crippen molar-refractivity contribution in [1.82, 2.24) is 20.5 Å². The van der Waals surface area contributed by atoms with Crippen molar-refractivity contribution >= 4 is 17.6 Å². The molecule has 0 aliphatic carbocycles. The number of rotatable bonds is 8. The Balaban J connectivity index is 1.68. The molecule has 1 fully saturated rings. The summed E-state index contributed by atoms with van der Waals surface area (Å²) >= 11 is 0. The number of pyridine rings is 1. The van der Waals surface area contributed by atoms with Gasteiger partial charge in [-0.25, -0.2) is 4.98 Å². The van der Waals surface area contributed by atoms with Crippen LogP contribution < -0.4 is 21.1 Å². The van der Waals surface area contributed by atoms with Crippen LogP contribution in [-0.4, -0.2) is 54.5 Å². The lowest BCUT2D eigenvalue weighted by atomic mass is 10.0. The van der Waals surface area contributed by atoms with E-state index in [4.69, 9.17) is 10.5 Å². The van der Waals surface area contributed by atoms with Gasteiger partial charge in [0.2, 0.25) is 11.8 Å². The highest BCUT2D eigenvalue weighted by Gasteiger charge is 2.31. The molecule has 160 valence electrons. The third kappa shape index (κ3) is 5.70. The van der Waals surface area contributed by atoms with Gasteiger partial charge in [-0.1, -0.05) is 18.2 Å². The van der Waals surface area contributed by atoms with Crippen molar-refractivity contribution in [3.8, 4) is 5.75 Å². The summed E-state index contributed by atoms with van der Waals surface area (Å²) in [6.07, 6.45) is 3.79. The van der Waals surface area contributed by atoms with Crippen molar-refractivity contribution in [2.45, 2.75) is 37.9 Å². The summed E-state index contributed by atoms with van der Waals surface area (Å²) in [6.45, 7) is 1.20. The lowest BCUT2D eigenvalue weighted by Crippen LogP contribution is -2.52. The van der Waals surface area contributed by atoms with Gasteiger partial charge in [0.05, 0.1) is 13.2 Å². The highest BCUT2D eigenvalue weighted by atomic mass is 16.5. The zero-order valence-electron chi connectivity index (χ0n) is 17.4. The fourth-order valence-corrected chi connectivity index (χ4v) is 3.57. The predicted molar refractivity (Wildman–Crippen MR) is 115 cm³/mol. The second kappa shape index (κ2) is 10.1. The Morgan fingerprint density at radius 1 is 1.23 bits per heavy atom. The molecule has 1 unspecified atom stereocenters. The minimum absolute atomic E-state index is 0.113. The number of hydrogen-bond donors (Lipinski definition) is 3. The highest BCUT2D eigenvalue weighted by Crippen LogP contribution is 2.16. The van der Waals surface area contributed by atoms with Crippen molar-refractivity contribution in [1.29, 1.82) is 0 Å². The maximum atomic E-state index is 12.9. The summed E-state index contributed by atoms with van der Waals surface area (Å²) in [7, 11) is 3.54. The van der Waals surface area contributed by atoms with Gasteiger partial charge in [0, 0.05) is 19.2 Å². The Morgan fingerprint density at radius 2 is 1.97 bits per heavy atom. The molecular formula is C22H29N5O3. The number of likely N-dealkylation sites (tertiary alicyclic amines) is 1. The Bertz CT molecular complexity index is 854. The molecule has 1 aromatic heterocycles. The van der Waals surface area contributed by atoms with E-state index in [2.05, 4.69) is 15.6 Å². The van der Waals surface area contributed by atoms with Gasteiger partial charge in [0.1, 0.15) is 17.6 Å². The van der Waals surface area contributed by atoms with Crippen LogP contribution in [0.3, 0.4) is 0 Å². The summed E-state index contributed by atoms with van der Waals surface area (Å²) in [5, 5.41) is 5.85. The van der Waals surface area contributed by atoms with Crippen molar-refractivity contribution < 1.29 is 14.3 Å². The molecule has 2 aromatic rings. The number of nitrogens with one attached hydrogen (secondary N) is 2. The number of ether oxygens (including phenoxy) is 1. The van der Waals surface area contributed by atoms with E-state index >= 15 is 0 Å². The van der Waals surface area contributed by atoms with Crippen molar-refractivity contribution in [3.63, 3.8) is 0 Å². The number of benzene rings is 1. The van der Waals surface area contributed by atoms with E-state index in [9.17, 15) is 9.59 Å². The first kappa shape index (κ1) is 21.6. The number of nitrogens with two attached hydrogens (primary N) is 1. The molecule has 8 heteroatoms. The maximum Gasteiger partial charge on any atom is 0.243 e. The Labute approximate surface area is 176 Å². The molecule has 2 amide bonds. The predicted octanol–water partition coefficient (Wildman–Crippen LogP) is 1.11. The molecule has 1 aliphatic rings. The highest BCUT2D eigenvalue weighted by molar-refractivity contribution is 5.90. The van der Waals surface area contributed by atoms with Gasteiger partial charge in [-0.2, -0.15) is 0 Å². The maximum absolute atomic E-state index is 12.9. The number of methoxy groups -OCH3 is 1. The monoisotopic (exact) mass is 411 g/mol. The number of carbonyl (C=O) groups is 2. The van der Waals surface area contributed by atoms with E-state index in [-0.39, 0.29) is 17.9 Å². The third-order valence-corrected chi connectivity index (χ3v) is 5.37. The van der Waals surface area contributed by atoms with Gasteiger partial charge < -0.3 is 21.1 Å². The second-order valence-corrected chi connectivity index (χ2v) is 7.56. The zero-order valence-corrected chi connectivity index (χ0v) is 17.4. The van der Waals surface area contributed by atoms with Crippen LogP contribution in [0, 0.1) is 0 Å². The number of anilines is 1. The lowest BCUT2D eigenvalue weighted by Gasteiger charge is -2.24. The van der Waals surface area contributed by atoms with Gasteiger partial charge in [0.15, 0.2) is 0 Å². The summed E-state index contributed by atoms with van der Waals surface area (Å²) < 4.78 is 5.19. The SMILES string of the molecule is COc1ccc(C[C@H](NC(=O)C2CCCN2C)C(=O)NCc2ccc(N)nc2)cc1. The van der Waals surface area contributed by atoms with Gasteiger partial charge in [-0.15, -0.1) is 0 Å². The fraction of sp³-hybridized carbons (Fsp3) is 0.409. The van der Waals surface area contributed by atoms with Crippen LogP contribution >= 0.6 is 0 Å².